The number of methoxy groups -OCH3 is 1. The number of hydrogen-bond donors (Lipinski definition) is 1. The zero-order valence-corrected chi connectivity index (χ0v) is 19.0. The fraction of sp³-hybridized carbons (Fsp3) is 0.370. The van der Waals surface area contributed by atoms with Gasteiger partial charge in [-0.3, -0.25) is 19.3 Å². The number of nitrogens with one attached hydrogen (secondary N) is 1. The molecule has 5 aliphatic rings. The number of imide groups is 1. The van der Waals surface area contributed by atoms with Gasteiger partial charge < -0.3 is 14.8 Å². The SMILES string of the molecule is COc1ccccc1Oc1ccc(NC(=O)[C@@H](C)N2C(=O)[C@H]3[C@@H]4C=C[C@H]([C@H]5C[C@H]45)[C@@H]3C2=O)cc1. The van der Waals surface area contributed by atoms with E-state index in [1.165, 1.54) is 4.90 Å². The Morgan fingerprint density at radius 1 is 0.941 bits per heavy atom. The Hall–Kier alpha value is -3.61. The van der Waals surface area contributed by atoms with Crippen molar-refractivity contribution in [3.63, 3.8) is 0 Å². The molecule has 7 nitrogen and oxygen atoms in total. The molecule has 2 bridgehead atoms. The molecule has 1 saturated heterocycles. The number of benzene rings is 2. The maximum atomic E-state index is 13.2. The van der Waals surface area contributed by atoms with Crippen molar-refractivity contribution in [2.24, 2.45) is 35.5 Å². The number of allylic oxidation sites excluding steroid dienone is 2. The van der Waals surface area contributed by atoms with Gasteiger partial charge in [-0.05, 0) is 73.4 Å². The van der Waals surface area contributed by atoms with E-state index < -0.39 is 6.04 Å². The van der Waals surface area contributed by atoms with E-state index in [0.29, 0.717) is 34.8 Å². The highest BCUT2D eigenvalue weighted by atomic mass is 16.5. The van der Waals surface area contributed by atoms with Gasteiger partial charge in [0, 0.05) is 5.69 Å². The van der Waals surface area contributed by atoms with Crippen LogP contribution in [0.15, 0.2) is 60.7 Å². The molecule has 1 aliphatic heterocycles. The summed E-state index contributed by atoms with van der Waals surface area (Å²) in [4.78, 5) is 40.7. The molecule has 0 aromatic heterocycles. The molecule has 7 heteroatoms. The van der Waals surface area contributed by atoms with Crippen LogP contribution in [0.3, 0.4) is 0 Å². The molecule has 7 rings (SSSR count). The lowest BCUT2D eigenvalue weighted by molar-refractivity contribution is -0.146. The Labute approximate surface area is 197 Å². The van der Waals surface area contributed by atoms with Crippen LogP contribution < -0.4 is 14.8 Å². The molecule has 3 amide bonds. The first-order valence-electron chi connectivity index (χ1n) is 11.7. The summed E-state index contributed by atoms with van der Waals surface area (Å²) in [5.74, 6) is 1.79. The lowest BCUT2D eigenvalue weighted by Gasteiger charge is -2.37. The standard InChI is InChI=1S/C27H26N2O5/c1-14(29-26(31)23-17-11-12-18(20-13-19(17)20)24(23)27(29)32)25(30)28-15-7-9-16(10-8-15)34-22-6-4-3-5-21(22)33-2/h3-12,14,17-20,23-24H,13H2,1-2H3,(H,28,30)/t14-,17-,18-,19-,20-,23+,24+/m1/s1. The summed E-state index contributed by atoms with van der Waals surface area (Å²) in [5.41, 5.74) is 0.559. The molecule has 1 heterocycles. The minimum atomic E-state index is -0.870. The minimum absolute atomic E-state index is 0.146. The summed E-state index contributed by atoms with van der Waals surface area (Å²) in [6.45, 7) is 1.62. The van der Waals surface area contributed by atoms with Crippen LogP contribution in [0.25, 0.3) is 0 Å². The molecule has 0 unspecified atom stereocenters. The van der Waals surface area contributed by atoms with Crippen LogP contribution in [0.1, 0.15) is 13.3 Å². The zero-order valence-electron chi connectivity index (χ0n) is 19.0. The van der Waals surface area contributed by atoms with Gasteiger partial charge in [0.2, 0.25) is 17.7 Å². The highest BCUT2D eigenvalue weighted by Gasteiger charge is 2.67. The molecule has 2 saturated carbocycles. The average Bonchev–Trinajstić information content (AvgIpc) is 3.63. The fourth-order valence-corrected chi connectivity index (χ4v) is 6.16. The molecular weight excluding hydrogens is 432 g/mol. The average molecular weight is 459 g/mol. The van der Waals surface area contributed by atoms with Crippen LogP contribution in [-0.4, -0.2) is 35.8 Å². The van der Waals surface area contributed by atoms with Crippen LogP contribution in [0, 0.1) is 35.5 Å². The predicted octanol–water partition coefficient (Wildman–Crippen LogP) is 3.87. The number of ether oxygens (including phenoxy) is 2. The maximum absolute atomic E-state index is 13.2. The van der Waals surface area contributed by atoms with Gasteiger partial charge in [0.05, 0.1) is 18.9 Å². The van der Waals surface area contributed by atoms with Crippen molar-refractivity contribution in [2.75, 3.05) is 12.4 Å². The summed E-state index contributed by atoms with van der Waals surface area (Å²) in [7, 11) is 1.58. The number of hydrogen-bond acceptors (Lipinski definition) is 5. The van der Waals surface area contributed by atoms with Crippen LogP contribution in [0.4, 0.5) is 5.69 Å². The highest BCUT2D eigenvalue weighted by Crippen LogP contribution is 2.65. The molecule has 0 spiro atoms. The Kier molecular flexibility index (Phi) is 4.76. The Morgan fingerprint density at radius 2 is 1.53 bits per heavy atom. The number of amides is 3. The van der Waals surface area contributed by atoms with Gasteiger partial charge in [-0.1, -0.05) is 24.3 Å². The molecule has 7 atom stereocenters. The first-order valence-corrected chi connectivity index (χ1v) is 11.7. The van der Waals surface area contributed by atoms with Crippen LogP contribution >= 0.6 is 0 Å². The number of rotatable bonds is 6. The number of nitrogens with zero attached hydrogens (tertiary/aromatic N) is 1. The number of likely N-dealkylation sites (tertiary alicyclic amines) is 1. The van der Waals surface area contributed by atoms with Crippen molar-refractivity contribution in [3.8, 4) is 17.2 Å². The van der Waals surface area contributed by atoms with Crippen LogP contribution in [0.2, 0.25) is 0 Å². The molecular formula is C27H26N2O5. The Bertz CT molecular complexity index is 1170. The topological polar surface area (TPSA) is 84.9 Å². The number of anilines is 1. The van der Waals surface area contributed by atoms with Crippen LogP contribution in [0.5, 0.6) is 17.2 Å². The summed E-state index contributed by atoms with van der Waals surface area (Å²) in [6.07, 6.45) is 5.38. The van der Waals surface area contributed by atoms with Crippen molar-refractivity contribution in [1.82, 2.24) is 4.90 Å². The van der Waals surface area contributed by atoms with Gasteiger partial charge in [-0.25, -0.2) is 0 Å². The fourth-order valence-electron chi connectivity index (χ4n) is 6.16. The van der Waals surface area contributed by atoms with Crippen molar-refractivity contribution in [1.29, 1.82) is 0 Å². The normalized spacial score (nSPS) is 31.1. The largest absolute Gasteiger partial charge is 0.493 e. The minimum Gasteiger partial charge on any atom is -0.493 e. The monoisotopic (exact) mass is 458 g/mol. The van der Waals surface area contributed by atoms with Gasteiger partial charge in [-0.2, -0.15) is 0 Å². The van der Waals surface area contributed by atoms with Gasteiger partial charge in [0.1, 0.15) is 11.8 Å². The molecule has 2 aromatic carbocycles. The van der Waals surface area contributed by atoms with Crippen molar-refractivity contribution in [3.05, 3.63) is 60.7 Å². The molecule has 2 aromatic rings. The lowest BCUT2D eigenvalue weighted by atomic mass is 9.63. The lowest BCUT2D eigenvalue weighted by Crippen LogP contribution is -2.46. The van der Waals surface area contributed by atoms with E-state index in [1.807, 2.05) is 24.3 Å². The van der Waals surface area contributed by atoms with Gasteiger partial charge in [0.15, 0.2) is 11.5 Å². The van der Waals surface area contributed by atoms with E-state index in [-0.39, 0.29) is 41.4 Å². The Morgan fingerprint density at radius 3 is 2.12 bits per heavy atom. The second-order valence-electron chi connectivity index (χ2n) is 9.64. The van der Waals surface area contributed by atoms with Crippen molar-refractivity contribution >= 4 is 23.4 Å². The molecule has 174 valence electrons. The van der Waals surface area contributed by atoms with Crippen molar-refractivity contribution in [2.45, 2.75) is 19.4 Å². The molecule has 4 aliphatic carbocycles. The summed E-state index contributed by atoms with van der Waals surface area (Å²) in [5, 5.41) is 2.83. The van der Waals surface area contributed by atoms with E-state index >= 15 is 0 Å². The van der Waals surface area contributed by atoms with E-state index in [2.05, 4.69) is 17.5 Å². The third kappa shape index (κ3) is 3.14. The predicted molar refractivity (Wildman–Crippen MR) is 124 cm³/mol. The first-order chi connectivity index (χ1) is 16.5. The van der Waals surface area contributed by atoms with Gasteiger partial charge in [-0.15, -0.1) is 0 Å². The van der Waals surface area contributed by atoms with E-state index in [1.54, 1.807) is 38.3 Å². The number of carbonyl (C=O) groups excluding carboxylic acids is 3. The van der Waals surface area contributed by atoms with Crippen molar-refractivity contribution < 1.29 is 23.9 Å². The number of carbonyl (C=O) groups is 3. The van der Waals surface area contributed by atoms with E-state index in [4.69, 9.17) is 9.47 Å². The summed E-state index contributed by atoms with van der Waals surface area (Å²) >= 11 is 0. The van der Waals surface area contributed by atoms with E-state index in [0.717, 1.165) is 6.42 Å². The molecule has 34 heavy (non-hydrogen) atoms. The first kappa shape index (κ1) is 21.0. The van der Waals surface area contributed by atoms with E-state index in [9.17, 15) is 14.4 Å². The number of para-hydroxylation sites is 2. The summed E-state index contributed by atoms with van der Waals surface area (Å²) in [6, 6.07) is 13.4. The molecule has 3 fully saturated rings. The third-order valence-electron chi connectivity index (χ3n) is 7.88. The van der Waals surface area contributed by atoms with Crippen LogP contribution in [-0.2, 0) is 14.4 Å². The smallest absolute Gasteiger partial charge is 0.247 e. The maximum Gasteiger partial charge on any atom is 0.247 e. The second kappa shape index (κ2) is 7.72. The summed E-state index contributed by atoms with van der Waals surface area (Å²) < 4.78 is 11.2. The molecule has 1 N–H and O–H groups in total. The Balaban J connectivity index is 1.13. The third-order valence-corrected chi connectivity index (χ3v) is 7.88. The zero-order chi connectivity index (χ0) is 23.6. The quantitative estimate of drug-likeness (QED) is 0.525. The molecule has 0 radical (unpaired) electrons. The highest BCUT2D eigenvalue weighted by molar-refractivity contribution is 6.10. The van der Waals surface area contributed by atoms with Gasteiger partial charge in [0.25, 0.3) is 0 Å². The second-order valence-corrected chi connectivity index (χ2v) is 9.64. The van der Waals surface area contributed by atoms with Gasteiger partial charge >= 0.3 is 0 Å².